The monoisotopic (exact) mass is 582 g/mol. The van der Waals surface area contributed by atoms with E-state index in [0.29, 0.717) is 29.4 Å². The Hall–Kier alpha value is -3.49. The molecule has 3 heterocycles. The van der Waals surface area contributed by atoms with Crippen LogP contribution in [0.25, 0.3) is 22.2 Å². The van der Waals surface area contributed by atoms with E-state index in [1.807, 2.05) is 42.5 Å². The Kier molecular flexibility index (Phi) is 8.34. The Morgan fingerprint density at radius 2 is 1.85 bits per heavy atom. The molecule has 4 aromatic rings. The number of fused-ring (bicyclic) bond motifs is 1. The third-order valence-corrected chi connectivity index (χ3v) is 7.72. The maximum absolute atomic E-state index is 13.9. The van der Waals surface area contributed by atoms with Crippen molar-refractivity contribution >= 4 is 34.1 Å². The van der Waals surface area contributed by atoms with Gasteiger partial charge < -0.3 is 9.30 Å². The van der Waals surface area contributed by atoms with Crippen molar-refractivity contribution in [1.82, 2.24) is 9.55 Å². The van der Waals surface area contributed by atoms with Crippen LogP contribution in [0.3, 0.4) is 0 Å². The average molecular weight is 583 g/mol. The number of benzene rings is 2. The molecule has 1 aliphatic rings. The molecule has 1 aliphatic heterocycles. The van der Waals surface area contributed by atoms with Crippen LogP contribution in [-0.2, 0) is 22.4 Å². The minimum atomic E-state index is -2.94. The van der Waals surface area contributed by atoms with Gasteiger partial charge in [-0.15, -0.1) is 0 Å². The lowest BCUT2D eigenvalue weighted by Gasteiger charge is -2.17. The summed E-state index contributed by atoms with van der Waals surface area (Å²) in [6, 6.07) is 16.8. The Morgan fingerprint density at radius 1 is 1.10 bits per heavy atom. The zero-order chi connectivity index (χ0) is 29.3. The second-order valence-electron chi connectivity index (χ2n) is 10.9. The van der Waals surface area contributed by atoms with Crippen molar-refractivity contribution in [3.8, 4) is 11.3 Å². The molecule has 0 N–H and O–H groups in total. The average Bonchev–Trinajstić information content (AvgIpc) is 3.59. The third-order valence-electron chi connectivity index (χ3n) is 7.46. The van der Waals surface area contributed by atoms with Crippen molar-refractivity contribution < 1.29 is 27.5 Å². The molecule has 1 fully saturated rings. The first-order chi connectivity index (χ1) is 19.5. The van der Waals surface area contributed by atoms with Gasteiger partial charge in [0.05, 0.1) is 12.6 Å². The maximum atomic E-state index is 13.9. The van der Waals surface area contributed by atoms with Gasteiger partial charge in [0, 0.05) is 52.8 Å². The first-order valence-corrected chi connectivity index (χ1v) is 13.9. The fourth-order valence-electron chi connectivity index (χ4n) is 5.25. The van der Waals surface area contributed by atoms with Crippen molar-refractivity contribution in [3.63, 3.8) is 0 Å². The molecule has 0 bridgehead atoms. The normalized spacial score (nSPS) is 15.6. The highest BCUT2D eigenvalue weighted by Gasteiger charge is 2.27. The number of carbonyl (C=O) groups is 2. The number of ketones is 2. The van der Waals surface area contributed by atoms with Crippen molar-refractivity contribution in [3.05, 3.63) is 88.2 Å². The van der Waals surface area contributed by atoms with E-state index in [2.05, 4.69) is 15.6 Å². The molecule has 9 heteroatoms. The number of Topliss-reactive ketones (excluding diaryl/α,β-unsaturated/α-hetero) is 2. The summed E-state index contributed by atoms with van der Waals surface area (Å²) in [6.45, 7) is 3.62. The van der Waals surface area contributed by atoms with Gasteiger partial charge in [0.15, 0.2) is 17.2 Å². The number of alkyl halides is 3. The van der Waals surface area contributed by atoms with Crippen molar-refractivity contribution in [2.24, 2.45) is 0 Å². The molecule has 2 aromatic carbocycles. The van der Waals surface area contributed by atoms with Gasteiger partial charge in [-0.05, 0) is 79.8 Å². The van der Waals surface area contributed by atoms with Gasteiger partial charge in [-0.3, -0.25) is 14.6 Å². The molecular formula is C32H30ClF3N2O3. The zero-order valence-corrected chi connectivity index (χ0v) is 23.6. The van der Waals surface area contributed by atoms with Gasteiger partial charge in [0.2, 0.25) is 0 Å². The number of ether oxygens (including phenoxy) is 1. The summed E-state index contributed by atoms with van der Waals surface area (Å²) in [6.07, 6.45) is -0.981. The van der Waals surface area contributed by atoms with Crippen molar-refractivity contribution in [1.29, 1.82) is 0 Å². The summed E-state index contributed by atoms with van der Waals surface area (Å²) < 4.78 is 49.4. The number of carbonyl (C=O) groups excluding carboxylic acids is 2. The van der Waals surface area contributed by atoms with Gasteiger partial charge >= 0.3 is 0 Å². The van der Waals surface area contributed by atoms with Crippen LogP contribution in [0.2, 0.25) is 5.02 Å². The number of pyridine rings is 1. The third kappa shape index (κ3) is 6.39. The summed E-state index contributed by atoms with van der Waals surface area (Å²) >= 11 is 6.11. The Bertz CT molecular complexity index is 1590. The van der Waals surface area contributed by atoms with Crippen LogP contribution >= 0.6 is 11.6 Å². The van der Waals surface area contributed by atoms with E-state index in [1.54, 1.807) is 0 Å². The molecule has 0 saturated carbocycles. The lowest BCUT2D eigenvalue weighted by molar-refractivity contribution is -0.128. The highest BCUT2D eigenvalue weighted by Crippen LogP contribution is 2.35. The van der Waals surface area contributed by atoms with Gasteiger partial charge in [-0.1, -0.05) is 29.8 Å². The molecule has 1 saturated heterocycles. The minimum Gasteiger partial charge on any atom is -0.379 e. The number of nitrogens with zero attached hydrogens (tertiary/aromatic N) is 2. The minimum absolute atomic E-state index is 0.0980. The number of hydrogen-bond donors (Lipinski definition) is 0. The molecule has 214 valence electrons. The summed E-state index contributed by atoms with van der Waals surface area (Å²) in [7, 11) is 0. The molecule has 2 aromatic heterocycles. The van der Waals surface area contributed by atoms with Gasteiger partial charge in [0.1, 0.15) is 5.69 Å². The fraction of sp³-hybridized carbons (Fsp3) is 0.344. The molecule has 0 amide bonds. The molecule has 0 radical (unpaired) electrons. The van der Waals surface area contributed by atoms with Crippen LogP contribution < -0.4 is 0 Å². The Balaban J connectivity index is 1.45. The molecule has 1 atom stereocenters. The number of aromatic nitrogens is 2. The van der Waals surface area contributed by atoms with Crippen molar-refractivity contribution in [2.75, 3.05) is 13.2 Å². The molecule has 0 spiro atoms. The van der Waals surface area contributed by atoms with Crippen LogP contribution in [0.1, 0.15) is 66.3 Å². The topological polar surface area (TPSA) is 61.2 Å². The maximum Gasteiger partial charge on any atom is 0.281 e. The van der Waals surface area contributed by atoms with Crippen LogP contribution in [-0.4, -0.2) is 40.0 Å². The first-order valence-electron chi connectivity index (χ1n) is 13.5. The quantitative estimate of drug-likeness (QED) is 0.178. The van der Waals surface area contributed by atoms with Gasteiger partial charge in [-0.25, -0.2) is 13.2 Å². The Labute approximate surface area is 241 Å². The van der Waals surface area contributed by atoms with E-state index in [0.717, 1.165) is 28.6 Å². The predicted octanol–water partition coefficient (Wildman–Crippen LogP) is 7.93. The van der Waals surface area contributed by atoms with E-state index < -0.39 is 29.4 Å². The summed E-state index contributed by atoms with van der Waals surface area (Å²) in [4.78, 5) is 29.2. The molecule has 5 rings (SSSR count). The fourth-order valence-corrected chi connectivity index (χ4v) is 5.37. The molecule has 0 unspecified atom stereocenters. The van der Waals surface area contributed by atoms with E-state index in [-0.39, 0.29) is 30.9 Å². The van der Waals surface area contributed by atoms with Crippen LogP contribution in [0.4, 0.5) is 13.2 Å². The van der Waals surface area contributed by atoms with E-state index in [4.69, 9.17) is 16.3 Å². The second-order valence-corrected chi connectivity index (χ2v) is 11.3. The van der Waals surface area contributed by atoms with Gasteiger partial charge in [0.25, 0.3) is 6.43 Å². The summed E-state index contributed by atoms with van der Waals surface area (Å²) in [5.74, 6) is -1.11. The summed E-state index contributed by atoms with van der Waals surface area (Å²) in [5, 5.41) is 1.56. The van der Waals surface area contributed by atoms with E-state index in [1.165, 1.54) is 26.1 Å². The smallest absolute Gasteiger partial charge is 0.281 e. The first kappa shape index (κ1) is 29.0. The van der Waals surface area contributed by atoms with Crippen molar-refractivity contribution in [2.45, 2.75) is 57.7 Å². The van der Waals surface area contributed by atoms with E-state index >= 15 is 0 Å². The predicted molar refractivity (Wildman–Crippen MR) is 153 cm³/mol. The molecule has 5 nitrogen and oxygen atoms in total. The highest BCUT2D eigenvalue weighted by molar-refractivity contribution is 6.30. The molecule has 0 aliphatic carbocycles. The lowest BCUT2D eigenvalue weighted by atomic mass is 9.96. The van der Waals surface area contributed by atoms with Gasteiger partial charge in [-0.2, -0.15) is 0 Å². The largest absolute Gasteiger partial charge is 0.379 e. The second kappa shape index (κ2) is 11.8. The number of halogens is 4. The molecular weight excluding hydrogens is 553 g/mol. The zero-order valence-electron chi connectivity index (χ0n) is 22.8. The number of rotatable bonds is 10. The molecule has 41 heavy (non-hydrogen) atoms. The van der Waals surface area contributed by atoms with E-state index in [9.17, 15) is 22.8 Å². The highest BCUT2D eigenvalue weighted by atomic mass is 35.5. The number of hydrogen-bond acceptors (Lipinski definition) is 4. The van der Waals surface area contributed by atoms with Crippen LogP contribution in [0.15, 0.2) is 60.8 Å². The van der Waals surface area contributed by atoms with Crippen LogP contribution in [0.5, 0.6) is 0 Å². The Morgan fingerprint density at radius 3 is 2.51 bits per heavy atom. The SMILES string of the molecule is CC(C)(F)C(=O)CCc1cnc(C(F)F)c(C(=O)Cc2ccc3c(c2)cc(-c2ccc(Cl)cc2)n3[C@@H]2CCOC2)c1. The number of aryl methyl sites for hydroxylation is 1. The van der Waals surface area contributed by atoms with Crippen LogP contribution in [0, 0.1) is 0 Å². The summed E-state index contributed by atoms with van der Waals surface area (Å²) in [5.41, 5.74) is 1.29. The standard InChI is InChI=1S/C32H30ClF3N2O3/c1-32(2,36)29(40)10-4-20-14-25(30(31(34)35)37-17-20)28(39)15-19-3-9-26-22(13-19)16-27(21-5-7-23(33)8-6-21)38(26)24-11-12-41-18-24/h3,5-9,13-14,16-17,24,31H,4,10-12,15,18H2,1-2H3/t24-/m1/s1. The lowest BCUT2D eigenvalue weighted by Crippen LogP contribution is -2.26.